The molecular weight excluding hydrogens is 278 g/mol. The van der Waals surface area contributed by atoms with Crippen molar-refractivity contribution in [3.05, 3.63) is 35.4 Å². The maximum absolute atomic E-state index is 12.4. The Hall–Kier alpha value is -1.90. The van der Waals surface area contributed by atoms with Crippen LogP contribution in [0, 0.1) is 11.3 Å². The number of hydrogen-bond acceptors (Lipinski definition) is 4. The minimum Gasteiger partial charge on any atom is -0.382 e. The number of nitrogens with zero attached hydrogens (tertiary/aromatic N) is 2. The summed E-state index contributed by atoms with van der Waals surface area (Å²) in [5.41, 5.74) is 1.59. The van der Waals surface area contributed by atoms with Crippen LogP contribution in [-0.4, -0.2) is 43.7 Å². The maximum Gasteiger partial charge on any atom is 0.242 e. The van der Waals surface area contributed by atoms with Crippen LogP contribution in [0.2, 0.25) is 0 Å². The predicted octanol–water partition coefficient (Wildman–Crippen LogP) is 1.48. The maximum atomic E-state index is 12.4. The molecule has 5 nitrogen and oxygen atoms in total. The molecule has 1 heterocycles. The largest absolute Gasteiger partial charge is 0.382 e. The lowest BCUT2D eigenvalue weighted by atomic mass is 9.95. The number of nitrogens with one attached hydrogen (secondary N) is 1. The average molecular weight is 301 g/mol. The van der Waals surface area contributed by atoms with E-state index >= 15 is 0 Å². The lowest BCUT2D eigenvalue weighted by Crippen LogP contribution is -2.57. The van der Waals surface area contributed by atoms with Crippen molar-refractivity contribution in [1.82, 2.24) is 10.2 Å². The number of amides is 1. The van der Waals surface area contributed by atoms with Gasteiger partial charge >= 0.3 is 0 Å². The molecule has 1 atom stereocenters. The fourth-order valence-corrected chi connectivity index (χ4v) is 3.20. The summed E-state index contributed by atoms with van der Waals surface area (Å²) in [6.07, 6.45) is 2.23. The lowest BCUT2D eigenvalue weighted by Gasteiger charge is -2.36. The van der Waals surface area contributed by atoms with Gasteiger partial charge < -0.3 is 10.1 Å². The Morgan fingerprint density at radius 2 is 2.09 bits per heavy atom. The molecule has 1 unspecified atom stereocenters. The van der Waals surface area contributed by atoms with Gasteiger partial charge in [-0.15, -0.1) is 0 Å². The first kappa shape index (κ1) is 16.5. The Morgan fingerprint density at radius 3 is 2.68 bits per heavy atom. The molecule has 0 radical (unpaired) electrons. The van der Waals surface area contributed by atoms with Gasteiger partial charge in [-0.05, 0) is 30.5 Å². The molecule has 1 aliphatic heterocycles. The molecule has 0 aromatic heterocycles. The number of carbonyl (C=O) groups excluding carboxylic acids is 1. The van der Waals surface area contributed by atoms with Crippen molar-refractivity contribution in [1.29, 1.82) is 5.26 Å². The van der Waals surface area contributed by atoms with Gasteiger partial charge in [0.15, 0.2) is 0 Å². The molecule has 1 aromatic carbocycles. The summed E-state index contributed by atoms with van der Waals surface area (Å²) < 4.78 is 5.33. The molecule has 0 aliphatic carbocycles. The third-order valence-corrected chi connectivity index (χ3v) is 4.34. The Kier molecular flexibility index (Phi) is 5.53. The molecule has 0 spiro atoms. The van der Waals surface area contributed by atoms with E-state index in [2.05, 4.69) is 16.3 Å². The van der Waals surface area contributed by atoms with Crippen molar-refractivity contribution in [2.75, 3.05) is 27.3 Å². The van der Waals surface area contributed by atoms with E-state index in [0.29, 0.717) is 19.6 Å². The number of nitriles is 1. The van der Waals surface area contributed by atoms with Gasteiger partial charge in [0, 0.05) is 20.7 Å². The van der Waals surface area contributed by atoms with Crippen LogP contribution in [0.3, 0.4) is 0 Å². The van der Waals surface area contributed by atoms with E-state index in [1.165, 1.54) is 0 Å². The van der Waals surface area contributed by atoms with Crippen molar-refractivity contribution in [2.24, 2.45) is 0 Å². The van der Waals surface area contributed by atoms with Crippen molar-refractivity contribution in [2.45, 2.75) is 31.3 Å². The summed E-state index contributed by atoms with van der Waals surface area (Å²) in [6.45, 7) is 2.00. The van der Waals surface area contributed by atoms with Crippen molar-refractivity contribution in [3.8, 4) is 6.07 Å². The number of carbonyl (C=O) groups is 1. The molecule has 0 saturated carbocycles. The number of likely N-dealkylation sites (N-methyl/N-ethyl adjacent to an activating group) is 1. The van der Waals surface area contributed by atoms with Crippen molar-refractivity contribution < 1.29 is 9.53 Å². The van der Waals surface area contributed by atoms with Crippen molar-refractivity contribution in [3.63, 3.8) is 0 Å². The second-order valence-electron chi connectivity index (χ2n) is 5.72. The Morgan fingerprint density at radius 1 is 1.41 bits per heavy atom. The zero-order valence-electron chi connectivity index (χ0n) is 13.3. The number of hydrogen-bond donors (Lipinski definition) is 1. The summed E-state index contributed by atoms with van der Waals surface area (Å²) in [5.74, 6) is 0.0213. The highest BCUT2D eigenvalue weighted by molar-refractivity contribution is 5.86. The zero-order valence-corrected chi connectivity index (χ0v) is 13.3. The molecule has 1 N–H and O–H groups in total. The van der Waals surface area contributed by atoms with Gasteiger partial charge in [0.2, 0.25) is 5.91 Å². The Balaban J connectivity index is 2.15. The first-order valence-electron chi connectivity index (χ1n) is 7.57. The van der Waals surface area contributed by atoms with Crippen LogP contribution in [0.5, 0.6) is 0 Å². The van der Waals surface area contributed by atoms with Gasteiger partial charge in [0.25, 0.3) is 0 Å². The van der Waals surface area contributed by atoms with Crippen LogP contribution >= 0.6 is 0 Å². The summed E-state index contributed by atoms with van der Waals surface area (Å²) in [5, 5.41) is 11.5. The number of benzene rings is 1. The number of ether oxygens (including phenoxy) is 1. The molecule has 0 bridgehead atoms. The van der Waals surface area contributed by atoms with E-state index in [-0.39, 0.29) is 5.91 Å². The first-order chi connectivity index (χ1) is 10.7. The quantitative estimate of drug-likeness (QED) is 0.864. The molecule has 1 aromatic rings. The molecule has 5 heteroatoms. The monoisotopic (exact) mass is 301 g/mol. The molecule has 118 valence electrons. The lowest BCUT2D eigenvalue weighted by molar-refractivity contribution is -0.135. The summed E-state index contributed by atoms with van der Waals surface area (Å²) in [7, 11) is 3.31. The summed E-state index contributed by atoms with van der Waals surface area (Å²) in [6, 6.07) is 10.2. The van der Waals surface area contributed by atoms with Crippen LogP contribution in [0.1, 0.15) is 24.0 Å². The minimum absolute atomic E-state index is 0.0213. The molecule has 1 aliphatic rings. The SMILES string of the molecule is CNC(=O)C1(COC)CCCN1Cc1ccc(CC#N)cc1. The third-order valence-electron chi connectivity index (χ3n) is 4.34. The topological polar surface area (TPSA) is 65.4 Å². The summed E-state index contributed by atoms with van der Waals surface area (Å²) >= 11 is 0. The second-order valence-corrected chi connectivity index (χ2v) is 5.72. The van der Waals surface area contributed by atoms with E-state index in [1.807, 2.05) is 24.3 Å². The molecule has 2 rings (SSSR count). The van der Waals surface area contributed by atoms with E-state index < -0.39 is 5.54 Å². The molecule has 1 fully saturated rings. The van der Waals surface area contributed by atoms with Crippen LogP contribution in [-0.2, 0) is 22.5 Å². The van der Waals surface area contributed by atoms with Gasteiger partial charge in [0.05, 0.1) is 19.1 Å². The van der Waals surface area contributed by atoms with E-state index in [4.69, 9.17) is 10.00 Å². The molecule has 1 saturated heterocycles. The molecule has 22 heavy (non-hydrogen) atoms. The second kappa shape index (κ2) is 7.39. The molecular formula is C17H23N3O2. The standard InChI is InChI=1S/C17H23N3O2/c1-19-16(21)17(13-22-2)9-3-11-20(17)12-15-6-4-14(5-7-15)8-10-18/h4-7H,3,8-9,11-13H2,1-2H3,(H,19,21). The minimum atomic E-state index is -0.575. The summed E-state index contributed by atoms with van der Waals surface area (Å²) in [4.78, 5) is 14.6. The van der Waals surface area contributed by atoms with Gasteiger partial charge in [-0.2, -0.15) is 5.26 Å². The van der Waals surface area contributed by atoms with E-state index in [9.17, 15) is 4.79 Å². The molecule has 1 amide bonds. The normalized spacial score (nSPS) is 21.5. The Labute approximate surface area is 131 Å². The van der Waals surface area contributed by atoms with E-state index in [1.54, 1.807) is 14.2 Å². The fourth-order valence-electron chi connectivity index (χ4n) is 3.20. The zero-order chi connectivity index (χ0) is 16.0. The van der Waals surface area contributed by atoms with Gasteiger partial charge in [-0.1, -0.05) is 24.3 Å². The van der Waals surface area contributed by atoms with Crippen LogP contribution < -0.4 is 5.32 Å². The third kappa shape index (κ3) is 3.29. The van der Waals surface area contributed by atoms with Crippen molar-refractivity contribution >= 4 is 5.91 Å². The predicted molar refractivity (Wildman–Crippen MR) is 84.1 cm³/mol. The smallest absolute Gasteiger partial charge is 0.242 e. The van der Waals surface area contributed by atoms with Gasteiger partial charge in [-0.25, -0.2) is 0 Å². The highest BCUT2D eigenvalue weighted by atomic mass is 16.5. The Bertz CT molecular complexity index is 550. The van der Waals surface area contributed by atoms with E-state index in [0.717, 1.165) is 30.5 Å². The van der Waals surface area contributed by atoms with Gasteiger partial charge in [-0.3, -0.25) is 9.69 Å². The van der Waals surface area contributed by atoms with Crippen LogP contribution in [0.4, 0.5) is 0 Å². The van der Waals surface area contributed by atoms with Crippen LogP contribution in [0.15, 0.2) is 24.3 Å². The highest BCUT2D eigenvalue weighted by Gasteiger charge is 2.46. The number of methoxy groups -OCH3 is 1. The highest BCUT2D eigenvalue weighted by Crippen LogP contribution is 2.31. The van der Waals surface area contributed by atoms with Crippen LogP contribution in [0.25, 0.3) is 0 Å². The van der Waals surface area contributed by atoms with Gasteiger partial charge in [0.1, 0.15) is 5.54 Å². The average Bonchev–Trinajstić information content (AvgIpc) is 2.93. The number of rotatable bonds is 6. The fraction of sp³-hybridized carbons (Fsp3) is 0.529. The first-order valence-corrected chi connectivity index (χ1v) is 7.57. The number of likely N-dealkylation sites (tertiary alicyclic amines) is 1.